The van der Waals surface area contributed by atoms with Gasteiger partial charge >= 0.3 is 0 Å². The molecule has 4 aromatic rings. The molecule has 162 valence electrons. The van der Waals surface area contributed by atoms with Crippen LogP contribution in [0.15, 0.2) is 48.5 Å². The molecule has 0 spiro atoms. The lowest BCUT2D eigenvalue weighted by Gasteiger charge is -2.21. The van der Waals surface area contributed by atoms with Crippen LogP contribution in [0.3, 0.4) is 0 Å². The fourth-order valence-corrected chi connectivity index (χ4v) is 4.66. The van der Waals surface area contributed by atoms with Crippen molar-refractivity contribution in [2.45, 2.75) is 46.1 Å². The highest BCUT2D eigenvalue weighted by Gasteiger charge is 2.21. The molecule has 0 fully saturated rings. The number of nitrogens with two attached hydrogens (primary N) is 1. The van der Waals surface area contributed by atoms with Crippen molar-refractivity contribution in [2.75, 3.05) is 5.32 Å². The van der Waals surface area contributed by atoms with Gasteiger partial charge in [-0.2, -0.15) is 4.98 Å². The number of primary amides is 1. The highest BCUT2D eigenvalue weighted by Crippen LogP contribution is 2.30. The number of hydrogen-bond acceptors (Lipinski definition) is 4. The van der Waals surface area contributed by atoms with Gasteiger partial charge < -0.3 is 11.1 Å². The molecule has 6 heteroatoms. The summed E-state index contributed by atoms with van der Waals surface area (Å²) in [6, 6.07) is 16.0. The minimum atomic E-state index is -0.431. The second-order valence-corrected chi connectivity index (χ2v) is 8.51. The second kappa shape index (κ2) is 8.11. The molecule has 1 aliphatic carbocycles. The first-order valence-corrected chi connectivity index (χ1v) is 11.1. The molecule has 0 aliphatic heterocycles. The molecule has 2 aromatic carbocycles. The molecule has 1 amide bonds. The third-order valence-electron chi connectivity index (χ3n) is 6.37. The summed E-state index contributed by atoms with van der Waals surface area (Å²) in [7, 11) is 0. The lowest BCUT2D eigenvalue weighted by molar-refractivity contribution is 0.100. The Kier molecular flexibility index (Phi) is 5.13. The molecule has 0 radical (unpaired) electrons. The normalized spacial score (nSPS) is 13.2. The van der Waals surface area contributed by atoms with Crippen molar-refractivity contribution >= 4 is 22.6 Å². The molecule has 0 atom stereocenters. The fraction of sp³-hybridized carbons (Fsp3) is 0.269. The summed E-state index contributed by atoms with van der Waals surface area (Å²) in [6.07, 6.45) is 4.23. The van der Waals surface area contributed by atoms with Crippen LogP contribution in [-0.2, 0) is 19.4 Å². The van der Waals surface area contributed by atoms with E-state index in [4.69, 9.17) is 15.7 Å². The van der Waals surface area contributed by atoms with Crippen molar-refractivity contribution in [2.24, 2.45) is 5.73 Å². The third-order valence-corrected chi connectivity index (χ3v) is 6.37. The summed E-state index contributed by atoms with van der Waals surface area (Å²) < 4.78 is 2.02. The van der Waals surface area contributed by atoms with Gasteiger partial charge in [-0.1, -0.05) is 30.3 Å². The first kappa shape index (κ1) is 20.2. The number of nitrogens with zero attached hydrogens (tertiary/aromatic N) is 3. The van der Waals surface area contributed by atoms with Crippen LogP contribution in [0.1, 0.15) is 51.3 Å². The Balaban J connectivity index is 1.62. The molecular formula is C26H27N5O. The van der Waals surface area contributed by atoms with Crippen molar-refractivity contribution < 1.29 is 4.79 Å². The standard InChI is InChI=1S/C26H27N5O/c1-16-8-3-4-9-18(16)15-28-25-20-10-5-6-12-22(20)29-26(30-25)31-17(2)14-21-19(24(27)32)11-7-13-23(21)31/h3-4,7-9,11,13-14H,5-6,10,12,15H2,1-2H3,(H2,27,32)(H,28,29,30). The molecule has 2 aromatic heterocycles. The van der Waals surface area contributed by atoms with E-state index < -0.39 is 5.91 Å². The fourth-order valence-electron chi connectivity index (χ4n) is 4.66. The van der Waals surface area contributed by atoms with Gasteiger partial charge in [0, 0.05) is 28.8 Å². The Morgan fingerprint density at radius 1 is 1.06 bits per heavy atom. The van der Waals surface area contributed by atoms with Crippen LogP contribution >= 0.6 is 0 Å². The van der Waals surface area contributed by atoms with Gasteiger partial charge in [0.2, 0.25) is 11.9 Å². The average molecular weight is 426 g/mol. The molecule has 1 aliphatic rings. The molecule has 32 heavy (non-hydrogen) atoms. The number of aromatic nitrogens is 3. The van der Waals surface area contributed by atoms with Crippen molar-refractivity contribution in [3.63, 3.8) is 0 Å². The van der Waals surface area contributed by atoms with Crippen LogP contribution in [0.5, 0.6) is 0 Å². The summed E-state index contributed by atoms with van der Waals surface area (Å²) in [5.74, 6) is 1.10. The number of nitrogens with one attached hydrogen (secondary N) is 1. The zero-order valence-corrected chi connectivity index (χ0v) is 18.5. The van der Waals surface area contributed by atoms with Gasteiger partial charge in [0.15, 0.2) is 0 Å². The number of fused-ring (bicyclic) bond motifs is 2. The van der Waals surface area contributed by atoms with Crippen LogP contribution in [0.25, 0.3) is 16.9 Å². The van der Waals surface area contributed by atoms with Crippen LogP contribution in [0, 0.1) is 13.8 Å². The minimum Gasteiger partial charge on any atom is -0.366 e. The van der Waals surface area contributed by atoms with Crippen molar-refractivity contribution in [3.8, 4) is 5.95 Å². The van der Waals surface area contributed by atoms with Crippen LogP contribution in [0.2, 0.25) is 0 Å². The first-order valence-electron chi connectivity index (χ1n) is 11.1. The number of hydrogen-bond donors (Lipinski definition) is 2. The molecule has 6 nitrogen and oxygen atoms in total. The Bertz CT molecular complexity index is 1340. The van der Waals surface area contributed by atoms with Crippen molar-refractivity contribution in [1.82, 2.24) is 14.5 Å². The smallest absolute Gasteiger partial charge is 0.249 e. The Hall–Kier alpha value is -3.67. The minimum absolute atomic E-state index is 0.431. The molecular weight excluding hydrogens is 398 g/mol. The summed E-state index contributed by atoms with van der Waals surface area (Å²) >= 11 is 0. The Labute approximate surface area is 187 Å². The Morgan fingerprint density at radius 2 is 1.88 bits per heavy atom. The van der Waals surface area contributed by atoms with E-state index >= 15 is 0 Å². The molecule has 0 unspecified atom stereocenters. The maximum Gasteiger partial charge on any atom is 0.249 e. The van der Waals surface area contributed by atoms with Gasteiger partial charge in [-0.3, -0.25) is 9.36 Å². The van der Waals surface area contributed by atoms with Gasteiger partial charge in [-0.05, 0) is 68.9 Å². The summed E-state index contributed by atoms with van der Waals surface area (Å²) in [5, 5.41) is 4.42. The SMILES string of the molecule is Cc1ccccc1CNc1nc(-n2c(C)cc3c(C(N)=O)cccc32)nc2c1CCCC2. The zero-order valence-electron chi connectivity index (χ0n) is 18.5. The maximum absolute atomic E-state index is 11.9. The lowest BCUT2D eigenvalue weighted by Crippen LogP contribution is -2.16. The van der Waals surface area contributed by atoms with E-state index in [0.29, 0.717) is 18.1 Å². The number of carbonyl (C=O) groups is 1. The molecule has 2 heterocycles. The van der Waals surface area contributed by atoms with Crippen molar-refractivity contribution in [3.05, 3.63) is 82.2 Å². The molecule has 5 rings (SSSR count). The van der Waals surface area contributed by atoms with Crippen LogP contribution < -0.4 is 11.1 Å². The number of rotatable bonds is 5. The monoisotopic (exact) mass is 425 g/mol. The zero-order chi connectivity index (χ0) is 22.2. The maximum atomic E-state index is 11.9. The number of anilines is 1. The van der Waals surface area contributed by atoms with Gasteiger partial charge in [0.25, 0.3) is 0 Å². The molecule has 0 bridgehead atoms. The van der Waals surface area contributed by atoms with E-state index in [0.717, 1.165) is 53.8 Å². The summed E-state index contributed by atoms with van der Waals surface area (Å²) in [4.78, 5) is 21.9. The van der Waals surface area contributed by atoms with Crippen LogP contribution in [0.4, 0.5) is 5.82 Å². The first-order chi connectivity index (χ1) is 15.5. The van der Waals surface area contributed by atoms with Gasteiger partial charge in [0.1, 0.15) is 5.82 Å². The van der Waals surface area contributed by atoms with Gasteiger partial charge in [-0.25, -0.2) is 4.98 Å². The van der Waals surface area contributed by atoms with E-state index in [9.17, 15) is 4.79 Å². The second-order valence-electron chi connectivity index (χ2n) is 8.51. The lowest BCUT2D eigenvalue weighted by atomic mass is 9.96. The average Bonchev–Trinajstić information content (AvgIpc) is 3.13. The highest BCUT2D eigenvalue weighted by molar-refractivity contribution is 6.06. The van der Waals surface area contributed by atoms with Crippen LogP contribution in [-0.4, -0.2) is 20.4 Å². The number of amides is 1. The highest BCUT2D eigenvalue weighted by atomic mass is 16.1. The van der Waals surface area contributed by atoms with E-state index in [1.165, 1.54) is 16.7 Å². The Morgan fingerprint density at radius 3 is 2.69 bits per heavy atom. The topological polar surface area (TPSA) is 85.8 Å². The van der Waals surface area contributed by atoms with Gasteiger partial charge in [0.05, 0.1) is 11.2 Å². The van der Waals surface area contributed by atoms with Crippen molar-refractivity contribution in [1.29, 1.82) is 0 Å². The number of aryl methyl sites for hydroxylation is 3. The quantitative estimate of drug-likeness (QED) is 0.488. The largest absolute Gasteiger partial charge is 0.366 e. The summed E-state index contributed by atoms with van der Waals surface area (Å²) in [5.41, 5.74) is 12.8. The molecule has 0 saturated heterocycles. The number of benzene rings is 2. The predicted molar refractivity (Wildman–Crippen MR) is 127 cm³/mol. The third kappa shape index (κ3) is 3.51. The predicted octanol–water partition coefficient (Wildman–Crippen LogP) is 4.63. The van der Waals surface area contributed by atoms with Gasteiger partial charge in [-0.15, -0.1) is 0 Å². The molecule has 0 saturated carbocycles. The van der Waals surface area contributed by atoms with E-state index in [1.807, 2.05) is 29.7 Å². The number of carbonyl (C=O) groups excluding carboxylic acids is 1. The molecule has 3 N–H and O–H groups in total. The van der Waals surface area contributed by atoms with E-state index in [1.54, 1.807) is 6.07 Å². The van der Waals surface area contributed by atoms with E-state index in [2.05, 4.69) is 36.5 Å². The van der Waals surface area contributed by atoms with E-state index in [-0.39, 0.29) is 0 Å². The summed E-state index contributed by atoms with van der Waals surface area (Å²) in [6.45, 7) is 4.85.